The molecule has 0 amide bonds. The summed E-state index contributed by atoms with van der Waals surface area (Å²) in [5.41, 5.74) is 3.16. The summed E-state index contributed by atoms with van der Waals surface area (Å²) in [6.45, 7) is 9.42. The lowest BCUT2D eigenvalue weighted by molar-refractivity contribution is -0.162. The van der Waals surface area contributed by atoms with E-state index in [4.69, 9.17) is 18.9 Å². The fourth-order valence-electron chi connectivity index (χ4n) is 4.21. The molecule has 1 aromatic heterocycles. The Morgan fingerprint density at radius 3 is 1.85 bits per heavy atom. The third-order valence-corrected chi connectivity index (χ3v) is 6.73. The van der Waals surface area contributed by atoms with E-state index in [9.17, 15) is 4.79 Å². The summed E-state index contributed by atoms with van der Waals surface area (Å²) in [6.07, 6.45) is 11.5. The third-order valence-electron chi connectivity index (χ3n) is 6.73. The Kier molecular flexibility index (Phi) is 14.1. The van der Waals surface area contributed by atoms with Crippen molar-refractivity contribution >= 4 is 5.97 Å². The van der Waals surface area contributed by atoms with Crippen LogP contribution in [0.4, 0.5) is 0 Å². The molecule has 41 heavy (non-hydrogen) atoms. The molecule has 7 heteroatoms. The van der Waals surface area contributed by atoms with Crippen LogP contribution in [0.25, 0.3) is 22.5 Å². The summed E-state index contributed by atoms with van der Waals surface area (Å²) in [5, 5.41) is 0. The molecular formula is C34H46N2O5. The molecule has 0 radical (unpaired) electrons. The summed E-state index contributed by atoms with van der Waals surface area (Å²) in [5.74, 6) is 1.65. The second kappa shape index (κ2) is 18.1. The van der Waals surface area contributed by atoms with Gasteiger partial charge in [0.05, 0.1) is 19.0 Å². The quantitative estimate of drug-likeness (QED) is 0.108. The van der Waals surface area contributed by atoms with Crippen LogP contribution in [-0.2, 0) is 14.3 Å². The van der Waals surface area contributed by atoms with Gasteiger partial charge in [0.1, 0.15) is 18.5 Å². The van der Waals surface area contributed by atoms with Crippen molar-refractivity contribution in [3.63, 3.8) is 0 Å². The second-order valence-electron chi connectivity index (χ2n) is 10.4. The number of ether oxygens (including phenoxy) is 4. The zero-order valence-electron chi connectivity index (χ0n) is 25.1. The number of rotatable bonds is 19. The van der Waals surface area contributed by atoms with Crippen molar-refractivity contribution in [1.82, 2.24) is 9.97 Å². The van der Waals surface area contributed by atoms with Crippen molar-refractivity contribution in [1.29, 1.82) is 0 Å². The maximum atomic E-state index is 12.2. The summed E-state index contributed by atoms with van der Waals surface area (Å²) in [4.78, 5) is 21.2. The Morgan fingerprint density at radius 2 is 1.24 bits per heavy atom. The van der Waals surface area contributed by atoms with Crippen molar-refractivity contribution in [2.75, 3.05) is 19.8 Å². The Morgan fingerprint density at radius 1 is 0.683 bits per heavy atom. The SMILES string of the molecule is CCCCCCOc1ccc(-c2ccc(-c3ncc(OC[C@H](C)OC(=O)C(C)OCCCCCC)cn3)cc2)cc1. The van der Waals surface area contributed by atoms with E-state index in [1.807, 2.05) is 24.3 Å². The van der Waals surface area contributed by atoms with Crippen LogP contribution in [0, 0.1) is 0 Å². The van der Waals surface area contributed by atoms with Gasteiger partial charge in [-0.25, -0.2) is 14.8 Å². The molecule has 2 aromatic carbocycles. The summed E-state index contributed by atoms with van der Waals surface area (Å²) in [7, 11) is 0. The van der Waals surface area contributed by atoms with Crippen LogP contribution < -0.4 is 9.47 Å². The van der Waals surface area contributed by atoms with Crippen LogP contribution in [0.3, 0.4) is 0 Å². The normalized spacial score (nSPS) is 12.5. The number of carbonyl (C=O) groups is 1. The first-order valence-corrected chi connectivity index (χ1v) is 15.1. The van der Waals surface area contributed by atoms with Crippen molar-refractivity contribution in [3.8, 4) is 34.0 Å². The van der Waals surface area contributed by atoms with Crippen molar-refractivity contribution in [3.05, 3.63) is 60.9 Å². The number of carbonyl (C=O) groups excluding carboxylic acids is 1. The number of esters is 1. The maximum absolute atomic E-state index is 12.2. The minimum absolute atomic E-state index is 0.203. The van der Waals surface area contributed by atoms with Crippen LogP contribution in [0.5, 0.6) is 11.5 Å². The highest BCUT2D eigenvalue weighted by atomic mass is 16.6. The standard InChI is InChI=1S/C34H46N2O5/c1-5-7-9-11-21-38-27(4)34(37)41-26(3)25-40-32-23-35-33(36-24-32)30-15-13-28(14-16-30)29-17-19-31(20-18-29)39-22-12-10-8-6-2/h13-20,23-24,26-27H,5-12,21-22,25H2,1-4H3/t26-,27?/m0/s1. The van der Waals surface area contributed by atoms with Crippen LogP contribution in [0.2, 0.25) is 0 Å². The highest BCUT2D eigenvalue weighted by Gasteiger charge is 2.18. The monoisotopic (exact) mass is 562 g/mol. The summed E-state index contributed by atoms with van der Waals surface area (Å²) in [6, 6.07) is 16.4. The number of aromatic nitrogens is 2. The van der Waals surface area contributed by atoms with Gasteiger partial charge < -0.3 is 18.9 Å². The van der Waals surface area contributed by atoms with Gasteiger partial charge in [-0.05, 0) is 49.9 Å². The van der Waals surface area contributed by atoms with E-state index in [-0.39, 0.29) is 12.6 Å². The van der Waals surface area contributed by atoms with Crippen LogP contribution in [0.15, 0.2) is 60.9 Å². The average Bonchev–Trinajstić information content (AvgIpc) is 3.00. The van der Waals surface area contributed by atoms with Gasteiger partial charge in [-0.2, -0.15) is 0 Å². The van der Waals surface area contributed by atoms with Gasteiger partial charge in [0, 0.05) is 12.2 Å². The molecule has 0 aliphatic carbocycles. The Hall–Kier alpha value is -3.45. The van der Waals surface area contributed by atoms with Gasteiger partial charge in [0.15, 0.2) is 17.7 Å². The highest BCUT2D eigenvalue weighted by molar-refractivity contribution is 5.74. The Bertz CT molecular complexity index is 1130. The number of nitrogens with zero attached hydrogens (tertiary/aromatic N) is 2. The molecule has 3 rings (SSSR count). The molecule has 0 aliphatic rings. The Labute approximate surface area is 245 Å². The van der Waals surface area contributed by atoms with E-state index in [2.05, 4.69) is 48.1 Å². The predicted molar refractivity (Wildman–Crippen MR) is 163 cm³/mol. The first-order chi connectivity index (χ1) is 20.0. The van der Waals surface area contributed by atoms with E-state index in [0.717, 1.165) is 48.3 Å². The lowest BCUT2D eigenvalue weighted by atomic mass is 10.0. The van der Waals surface area contributed by atoms with E-state index in [0.29, 0.717) is 18.2 Å². The molecule has 0 bridgehead atoms. The molecule has 0 saturated carbocycles. The average molecular weight is 563 g/mol. The number of benzene rings is 2. The van der Waals surface area contributed by atoms with Crippen molar-refractivity contribution in [2.24, 2.45) is 0 Å². The second-order valence-corrected chi connectivity index (χ2v) is 10.4. The largest absolute Gasteiger partial charge is 0.494 e. The molecule has 2 atom stereocenters. The van der Waals surface area contributed by atoms with Crippen LogP contribution in [0.1, 0.15) is 79.1 Å². The van der Waals surface area contributed by atoms with E-state index in [1.165, 1.54) is 32.1 Å². The summed E-state index contributed by atoms with van der Waals surface area (Å²) >= 11 is 0. The molecule has 0 spiro atoms. The molecule has 0 saturated heterocycles. The van der Waals surface area contributed by atoms with E-state index >= 15 is 0 Å². The van der Waals surface area contributed by atoms with Gasteiger partial charge in [-0.1, -0.05) is 88.8 Å². The lowest BCUT2D eigenvalue weighted by Gasteiger charge is -2.17. The molecule has 1 heterocycles. The zero-order chi connectivity index (χ0) is 29.3. The molecule has 0 fully saturated rings. The van der Waals surface area contributed by atoms with Gasteiger partial charge >= 0.3 is 5.97 Å². The smallest absolute Gasteiger partial charge is 0.335 e. The van der Waals surface area contributed by atoms with Crippen molar-refractivity contribution < 1.29 is 23.7 Å². The molecule has 222 valence electrons. The zero-order valence-corrected chi connectivity index (χ0v) is 25.1. The molecule has 3 aromatic rings. The molecular weight excluding hydrogens is 516 g/mol. The lowest BCUT2D eigenvalue weighted by Crippen LogP contribution is -2.30. The topological polar surface area (TPSA) is 79.8 Å². The predicted octanol–water partition coefficient (Wildman–Crippen LogP) is 8.07. The number of hydrogen-bond donors (Lipinski definition) is 0. The van der Waals surface area contributed by atoms with Gasteiger partial charge in [-0.15, -0.1) is 0 Å². The molecule has 1 unspecified atom stereocenters. The Balaban J connectivity index is 1.42. The highest BCUT2D eigenvalue weighted by Crippen LogP contribution is 2.25. The van der Waals surface area contributed by atoms with Gasteiger partial charge in [0.25, 0.3) is 0 Å². The number of hydrogen-bond acceptors (Lipinski definition) is 7. The first-order valence-electron chi connectivity index (χ1n) is 15.1. The van der Waals surface area contributed by atoms with Gasteiger partial charge in [-0.3, -0.25) is 0 Å². The van der Waals surface area contributed by atoms with Crippen LogP contribution >= 0.6 is 0 Å². The third kappa shape index (κ3) is 11.5. The molecule has 0 N–H and O–H groups in total. The fraction of sp³-hybridized carbons (Fsp3) is 0.500. The minimum Gasteiger partial charge on any atom is -0.494 e. The minimum atomic E-state index is -0.591. The number of unbranched alkanes of at least 4 members (excludes halogenated alkanes) is 6. The van der Waals surface area contributed by atoms with Crippen molar-refractivity contribution in [2.45, 2.75) is 91.3 Å². The van der Waals surface area contributed by atoms with E-state index < -0.39 is 12.2 Å². The first kappa shape index (κ1) is 32.1. The van der Waals surface area contributed by atoms with Gasteiger partial charge in [0.2, 0.25) is 0 Å². The summed E-state index contributed by atoms with van der Waals surface area (Å²) < 4.78 is 22.6. The molecule has 0 aliphatic heterocycles. The van der Waals surface area contributed by atoms with Crippen LogP contribution in [-0.4, -0.2) is 48.0 Å². The van der Waals surface area contributed by atoms with E-state index in [1.54, 1.807) is 26.2 Å². The fourth-order valence-corrected chi connectivity index (χ4v) is 4.21. The maximum Gasteiger partial charge on any atom is 0.335 e. The molecule has 7 nitrogen and oxygen atoms in total.